The molecule has 0 unspecified atom stereocenters. The molecule has 4 heteroatoms. The van der Waals surface area contributed by atoms with Crippen molar-refractivity contribution in [3.63, 3.8) is 0 Å². The van der Waals surface area contributed by atoms with Crippen molar-refractivity contribution in [2.24, 2.45) is 0 Å². The van der Waals surface area contributed by atoms with Gasteiger partial charge in [0.05, 0.1) is 12.8 Å². The van der Waals surface area contributed by atoms with Crippen molar-refractivity contribution < 1.29 is 9.53 Å². The number of ketones is 1. The van der Waals surface area contributed by atoms with Gasteiger partial charge in [0.1, 0.15) is 5.75 Å². The molecule has 21 heavy (non-hydrogen) atoms. The molecule has 0 radical (unpaired) electrons. The second-order valence-corrected chi connectivity index (χ2v) is 5.44. The summed E-state index contributed by atoms with van der Waals surface area (Å²) in [6.07, 6.45) is 1.58. The number of para-hydroxylation sites is 2. The van der Waals surface area contributed by atoms with E-state index in [2.05, 4.69) is 21.2 Å². The number of carbonyl (C=O) groups excluding carboxylic acids is 1. The number of ether oxygens (including phenoxy) is 1. The van der Waals surface area contributed by atoms with Crippen molar-refractivity contribution in [2.45, 2.75) is 6.92 Å². The second-order valence-electron chi connectivity index (χ2n) is 4.52. The van der Waals surface area contributed by atoms with Gasteiger partial charge in [-0.3, -0.25) is 4.79 Å². The summed E-state index contributed by atoms with van der Waals surface area (Å²) < 4.78 is 6.22. The van der Waals surface area contributed by atoms with Crippen LogP contribution in [0.1, 0.15) is 17.3 Å². The Morgan fingerprint density at radius 2 is 1.81 bits per heavy atom. The fourth-order valence-corrected chi connectivity index (χ4v) is 2.15. The number of hydrogen-bond donors (Lipinski definition) is 1. The average Bonchev–Trinajstić information content (AvgIpc) is 2.48. The number of anilines is 1. The monoisotopic (exact) mass is 345 g/mol. The predicted octanol–water partition coefficient (Wildman–Crippen LogP) is 4.66. The molecule has 0 aliphatic rings. The van der Waals surface area contributed by atoms with E-state index in [1.54, 1.807) is 25.3 Å². The number of methoxy groups -OCH3 is 1. The number of nitrogens with one attached hydrogen (secondary N) is 1. The number of carbonyl (C=O) groups is 1. The standard InChI is InChI=1S/C17H16BrNO2/c1-12(19-15-5-3-4-6-17(15)21-2)11-16(20)13-7-9-14(18)10-8-13/h3-11,19H,1-2H3/b12-11+. The fourth-order valence-electron chi connectivity index (χ4n) is 1.89. The van der Waals surface area contributed by atoms with E-state index in [1.165, 1.54) is 0 Å². The van der Waals surface area contributed by atoms with Gasteiger partial charge in [-0.1, -0.05) is 28.1 Å². The highest BCUT2D eigenvalue weighted by Crippen LogP contribution is 2.24. The Kier molecular flexibility index (Phi) is 5.17. The van der Waals surface area contributed by atoms with E-state index in [0.29, 0.717) is 5.56 Å². The maximum Gasteiger partial charge on any atom is 0.187 e. The van der Waals surface area contributed by atoms with E-state index in [4.69, 9.17) is 4.74 Å². The first kappa shape index (κ1) is 15.3. The molecule has 2 aromatic rings. The Balaban J connectivity index is 2.13. The largest absolute Gasteiger partial charge is 0.495 e. The van der Waals surface area contributed by atoms with Crippen LogP contribution in [0.5, 0.6) is 5.75 Å². The topological polar surface area (TPSA) is 38.3 Å². The summed E-state index contributed by atoms with van der Waals surface area (Å²) in [5.74, 6) is 0.698. The van der Waals surface area contributed by atoms with Gasteiger partial charge < -0.3 is 10.1 Å². The highest BCUT2D eigenvalue weighted by molar-refractivity contribution is 9.10. The van der Waals surface area contributed by atoms with Crippen LogP contribution in [-0.4, -0.2) is 12.9 Å². The van der Waals surface area contributed by atoms with E-state index < -0.39 is 0 Å². The van der Waals surface area contributed by atoms with Crippen LogP contribution in [0, 0.1) is 0 Å². The van der Waals surface area contributed by atoms with Crippen molar-refractivity contribution in [3.05, 3.63) is 70.3 Å². The normalized spacial score (nSPS) is 11.1. The Labute approximate surface area is 132 Å². The van der Waals surface area contributed by atoms with Gasteiger partial charge >= 0.3 is 0 Å². The smallest absolute Gasteiger partial charge is 0.187 e. The summed E-state index contributed by atoms with van der Waals surface area (Å²) >= 11 is 3.35. The lowest BCUT2D eigenvalue weighted by Gasteiger charge is -2.10. The zero-order valence-corrected chi connectivity index (χ0v) is 13.5. The molecule has 0 spiro atoms. The third-order valence-electron chi connectivity index (χ3n) is 2.92. The Bertz CT molecular complexity index is 663. The molecule has 0 atom stereocenters. The fraction of sp³-hybridized carbons (Fsp3) is 0.118. The molecular weight excluding hydrogens is 330 g/mol. The Hall–Kier alpha value is -2.07. The second kappa shape index (κ2) is 7.09. The summed E-state index contributed by atoms with van der Waals surface area (Å²) in [6, 6.07) is 14.9. The van der Waals surface area contributed by atoms with Crippen LogP contribution in [-0.2, 0) is 0 Å². The van der Waals surface area contributed by atoms with Gasteiger partial charge in [-0.2, -0.15) is 0 Å². The predicted molar refractivity (Wildman–Crippen MR) is 88.8 cm³/mol. The van der Waals surface area contributed by atoms with Gasteiger partial charge in [-0.15, -0.1) is 0 Å². The summed E-state index contributed by atoms with van der Waals surface area (Å²) in [4.78, 5) is 12.1. The zero-order chi connectivity index (χ0) is 15.2. The highest BCUT2D eigenvalue weighted by atomic mass is 79.9. The van der Waals surface area contributed by atoms with Crippen LogP contribution < -0.4 is 10.1 Å². The van der Waals surface area contributed by atoms with Crippen LogP contribution in [0.25, 0.3) is 0 Å². The molecule has 2 rings (SSSR count). The van der Waals surface area contributed by atoms with Crippen LogP contribution in [0.2, 0.25) is 0 Å². The van der Waals surface area contributed by atoms with E-state index >= 15 is 0 Å². The van der Waals surface area contributed by atoms with Gasteiger partial charge in [0.25, 0.3) is 0 Å². The third kappa shape index (κ3) is 4.20. The molecule has 108 valence electrons. The number of benzene rings is 2. The molecule has 0 saturated heterocycles. The van der Waals surface area contributed by atoms with Crippen molar-refractivity contribution in [1.82, 2.24) is 0 Å². The molecule has 1 N–H and O–H groups in total. The Morgan fingerprint density at radius 1 is 1.14 bits per heavy atom. The van der Waals surface area contributed by atoms with Gasteiger partial charge in [0, 0.05) is 21.8 Å². The number of halogens is 1. The van der Waals surface area contributed by atoms with Gasteiger partial charge in [-0.05, 0) is 43.3 Å². The molecule has 0 aliphatic carbocycles. The van der Waals surface area contributed by atoms with E-state index in [0.717, 1.165) is 21.6 Å². The van der Waals surface area contributed by atoms with Gasteiger partial charge in [-0.25, -0.2) is 0 Å². The van der Waals surface area contributed by atoms with E-state index in [1.807, 2.05) is 43.3 Å². The highest BCUT2D eigenvalue weighted by Gasteiger charge is 2.05. The van der Waals surface area contributed by atoms with Crippen molar-refractivity contribution in [2.75, 3.05) is 12.4 Å². The lowest BCUT2D eigenvalue weighted by Crippen LogP contribution is -2.02. The minimum absolute atomic E-state index is 0.0394. The third-order valence-corrected chi connectivity index (χ3v) is 3.44. The first-order valence-corrected chi connectivity index (χ1v) is 7.27. The summed E-state index contributed by atoms with van der Waals surface area (Å²) in [5.41, 5.74) is 2.24. The molecule has 0 saturated carbocycles. The first-order chi connectivity index (χ1) is 10.1. The van der Waals surface area contributed by atoms with E-state index in [-0.39, 0.29) is 5.78 Å². The van der Waals surface area contributed by atoms with Crippen LogP contribution >= 0.6 is 15.9 Å². The summed E-state index contributed by atoms with van der Waals surface area (Å²) in [6.45, 7) is 1.85. The lowest BCUT2D eigenvalue weighted by molar-refractivity contribution is 0.104. The molecule has 0 aromatic heterocycles. The Morgan fingerprint density at radius 3 is 2.48 bits per heavy atom. The van der Waals surface area contributed by atoms with Crippen molar-refractivity contribution in [3.8, 4) is 5.75 Å². The molecule has 0 heterocycles. The SMILES string of the molecule is COc1ccccc1N/C(C)=C/C(=O)c1ccc(Br)cc1. The van der Waals surface area contributed by atoms with Crippen LogP contribution in [0.4, 0.5) is 5.69 Å². The van der Waals surface area contributed by atoms with Crippen molar-refractivity contribution >= 4 is 27.4 Å². The number of hydrogen-bond acceptors (Lipinski definition) is 3. The van der Waals surface area contributed by atoms with E-state index in [9.17, 15) is 4.79 Å². The maximum absolute atomic E-state index is 12.1. The molecule has 0 amide bonds. The summed E-state index contributed by atoms with van der Waals surface area (Å²) in [7, 11) is 1.62. The van der Waals surface area contributed by atoms with Gasteiger partial charge in [0.2, 0.25) is 0 Å². The molecule has 3 nitrogen and oxygen atoms in total. The quantitative estimate of drug-likeness (QED) is 0.632. The molecule has 0 aliphatic heterocycles. The maximum atomic E-state index is 12.1. The minimum atomic E-state index is -0.0394. The number of rotatable bonds is 5. The molecular formula is C17H16BrNO2. The first-order valence-electron chi connectivity index (χ1n) is 6.48. The molecule has 0 bridgehead atoms. The molecule has 0 fully saturated rings. The van der Waals surface area contributed by atoms with Gasteiger partial charge in [0.15, 0.2) is 5.78 Å². The zero-order valence-electron chi connectivity index (χ0n) is 11.9. The number of allylic oxidation sites excluding steroid dienone is 2. The van der Waals surface area contributed by atoms with Crippen LogP contribution in [0.3, 0.4) is 0 Å². The lowest BCUT2D eigenvalue weighted by atomic mass is 10.1. The minimum Gasteiger partial charge on any atom is -0.495 e. The van der Waals surface area contributed by atoms with Crippen LogP contribution in [0.15, 0.2) is 64.8 Å². The van der Waals surface area contributed by atoms with Crippen molar-refractivity contribution in [1.29, 1.82) is 0 Å². The summed E-state index contributed by atoms with van der Waals surface area (Å²) in [5, 5.41) is 3.18. The molecule has 2 aromatic carbocycles. The average molecular weight is 346 g/mol.